The molecule has 1 aromatic carbocycles. The maximum Gasteiger partial charge on any atom is 0.223 e. The summed E-state index contributed by atoms with van der Waals surface area (Å²) in [6.07, 6.45) is 4.02. The molecule has 0 atom stereocenters. The van der Waals surface area contributed by atoms with Crippen molar-refractivity contribution in [3.63, 3.8) is 0 Å². The lowest BCUT2D eigenvalue weighted by Gasteiger charge is -2.28. The summed E-state index contributed by atoms with van der Waals surface area (Å²) in [5, 5.41) is 12.1. The van der Waals surface area contributed by atoms with Crippen molar-refractivity contribution in [1.82, 2.24) is 25.1 Å². The third-order valence-electron chi connectivity index (χ3n) is 5.37. The van der Waals surface area contributed by atoms with Gasteiger partial charge in [0, 0.05) is 40.0 Å². The Morgan fingerprint density at radius 1 is 1.14 bits per heavy atom. The van der Waals surface area contributed by atoms with E-state index < -0.39 is 0 Å². The van der Waals surface area contributed by atoms with Crippen molar-refractivity contribution < 1.29 is 0 Å². The first-order chi connectivity index (χ1) is 14.0. The fraction of sp³-hybridized carbons (Fsp3) is 0.409. The molecule has 0 unspecified atom stereocenters. The second-order valence-corrected chi connectivity index (χ2v) is 8.45. The minimum absolute atomic E-state index is 0.263. The van der Waals surface area contributed by atoms with E-state index in [4.69, 9.17) is 21.7 Å². The van der Waals surface area contributed by atoms with Crippen LogP contribution >= 0.6 is 11.6 Å². The molecule has 0 aliphatic carbocycles. The Hall–Kier alpha value is -2.44. The molecule has 6 nitrogen and oxygen atoms in total. The highest BCUT2D eigenvalue weighted by Gasteiger charge is 2.27. The van der Waals surface area contributed by atoms with E-state index >= 15 is 0 Å². The van der Waals surface area contributed by atoms with Gasteiger partial charge in [-0.1, -0.05) is 23.7 Å². The number of H-pyrrole nitrogens is 1. The second-order valence-electron chi connectivity index (χ2n) is 8.01. The van der Waals surface area contributed by atoms with Gasteiger partial charge in [0.1, 0.15) is 5.69 Å². The summed E-state index contributed by atoms with van der Waals surface area (Å²) < 4.78 is 0. The number of aromatic amines is 1. The van der Waals surface area contributed by atoms with Crippen LogP contribution in [0.3, 0.4) is 0 Å². The number of halogens is 1. The molecule has 152 valence electrons. The van der Waals surface area contributed by atoms with Crippen LogP contribution < -0.4 is 5.32 Å². The van der Waals surface area contributed by atoms with E-state index in [1.165, 1.54) is 0 Å². The van der Waals surface area contributed by atoms with E-state index in [0.29, 0.717) is 16.9 Å². The summed E-state index contributed by atoms with van der Waals surface area (Å²) in [7, 11) is 2.18. The molecule has 0 spiro atoms. The molecule has 2 aromatic heterocycles. The van der Waals surface area contributed by atoms with Gasteiger partial charge in [-0.2, -0.15) is 5.10 Å². The number of nitrogens with zero attached hydrogens (tertiary/aromatic N) is 4. The van der Waals surface area contributed by atoms with Crippen LogP contribution in [0.4, 0.5) is 5.95 Å². The lowest BCUT2D eigenvalue weighted by atomic mass is 9.89. The van der Waals surface area contributed by atoms with Gasteiger partial charge in [-0.05, 0) is 65.0 Å². The maximum atomic E-state index is 6.10. The van der Waals surface area contributed by atoms with Crippen LogP contribution in [0.5, 0.6) is 0 Å². The average Bonchev–Trinajstić information content (AvgIpc) is 3.14. The van der Waals surface area contributed by atoms with Crippen LogP contribution in [-0.4, -0.2) is 51.2 Å². The first-order valence-electron chi connectivity index (χ1n) is 10.1. The van der Waals surface area contributed by atoms with Gasteiger partial charge >= 0.3 is 0 Å². The molecule has 1 fully saturated rings. The van der Waals surface area contributed by atoms with Gasteiger partial charge in [-0.3, -0.25) is 5.10 Å². The smallest absolute Gasteiger partial charge is 0.223 e. The molecule has 3 aromatic rings. The lowest BCUT2D eigenvalue weighted by molar-refractivity contribution is 0.253. The Kier molecular flexibility index (Phi) is 5.83. The molecule has 0 bridgehead atoms. The summed E-state index contributed by atoms with van der Waals surface area (Å²) in [5.74, 6) is 1.07. The molecule has 29 heavy (non-hydrogen) atoms. The lowest BCUT2D eigenvalue weighted by Crippen LogP contribution is -2.29. The molecule has 3 heterocycles. The fourth-order valence-electron chi connectivity index (χ4n) is 3.85. The minimum atomic E-state index is 0.263. The van der Waals surface area contributed by atoms with Gasteiger partial charge < -0.3 is 10.2 Å². The van der Waals surface area contributed by atoms with Gasteiger partial charge in [0.25, 0.3) is 0 Å². The van der Waals surface area contributed by atoms with Gasteiger partial charge in [-0.15, -0.1) is 0 Å². The molecule has 0 amide bonds. The summed E-state index contributed by atoms with van der Waals surface area (Å²) in [6.45, 7) is 6.33. The van der Waals surface area contributed by atoms with Crippen LogP contribution in [0.2, 0.25) is 5.02 Å². The molecule has 4 rings (SSSR count). The van der Waals surface area contributed by atoms with E-state index in [2.05, 4.69) is 41.2 Å². The number of likely N-dealkylation sites (tertiary alicyclic amines) is 1. The molecular weight excluding hydrogens is 384 g/mol. The second kappa shape index (κ2) is 8.51. The van der Waals surface area contributed by atoms with Crippen molar-refractivity contribution >= 4 is 17.5 Å². The molecule has 1 aliphatic rings. The quantitative estimate of drug-likeness (QED) is 0.631. The zero-order chi connectivity index (χ0) is 20.4. The monoisotopic (exact) mass is 410 g/mol. The van der Waals surface area contributed by atoms with Crippen molar-refractivity contribution in [1.29, 1.82) is 0 Å². The highest BCUT2D eigenvalue weighted by molar-refractivity contribution is 6.30. The number of hydrogen-bond donors (Lipinski definition) is 2. The summed E-state index contributed by atoms with van der Waals surface area (Å²) in [4.78, 5) is 11.6. The fourth-order valence-corrected chi connectivity index (χ4v) is 3.98. The Balaban J connectivity index is 1.80. The highest BCUT2D eigenvalue weighted by Crippen LogP contribution is 2.39. The first-order valence-corrected chi connectivity index (χ1v) is 10.5. The van der Waals surface area contributed by atoms with E-state index in [9.17, 15) is 0 Å². The zero-order valence-corrected chi connectivity index (χ0v) is 17.9. The third kappa shape index (κ3) is 4.43. The molecule has 0 radical (unpaired) electrons. The topological polar surface area (TPSA) is 69.7 Å². The van der Waals surface area contributed by atoms with Crippen molar-refractivity contribution in [2.75, 3.05) is 25.5 Å². The van der Waals surface area contributed by atoms with Crippen LogP contribution in [0, 0.1) is 0 Å². The zero-order valence-electron chi connectivity index (χ0n) is 17.1. The number of anilines is 1. The van der Waals surface area contributed by atoms with Crippen molar-refractivity contribution in [2.45, 2.75) is 38.6 Å². The maximum absolute atomic E-state index is 6.10. The largest absolute Gasteiger partial charge is 0.352 e. The predicted molar refractivity (Wildman–Crippen MR) is 118 cm³/mol. The molecule has 1 aliphatic heterocycles. The number of aromatic nitrogens is 4. The normalized spacial score (nSPS) is 15.8. The summed E-state index contributed by atoms with van der Waals surface area (Å²) in [6, 6.07) is 10.0. The van der Waals surface area contributed by atoms with Gasteiger partial charge in [0.2, 0.25) is 5.95 Å². The number of benzene rings is 1. The predicted octanol–water partition coefficient (Wildman–Crippen LogP) is 4.82. The van der Waals surface area contributed by atoms with E-state index in [1.54, 1.807) is 0 Å². The molecule has 1 saturated heterocycles. The minimum Gasteiger partial charge on any atom is -0.352 e. The molecule has 2 N–H and O–H groups in total. The standard InChI is InChI=1S/C22H27ClN6/c1-14(2)25-22-24-11-8-18(26-22)19-20(15-4-6-17(23)7-5-15)27-28-21(19)16-9-12-29(3)13-10-16/h4-8,11,14,16H,9-10,12-13H2,1-3H3,(H,27,28)(H,24,25,26). The van der Waals surface area contributed by atoms with E-state index in [1.807, 2.05) is 36.5 Å². The Morgan fingerprint density at radius 3 is 2.55 bits per heavy atom. The Labute approximate surface area is 176 Å². The number of hydrogen-bond acceptors (Lipinski definition) is 5. The van der Waals surface area contributed by atoms with E-state index in [-0.39, 0.29) is 6.04 Å². The summed E-state index contributed by atoms with van der Waals surface area (Å²) >= 11 is 6.10. The highest BCUT2D eigenvalue weighted by atomic mass is 35.5. The number of piperidine rings is 1. The van der Waals surface area contributed by atoms with Crippen LogP contribution in [0.25, 0.3) is 22.5 Å². The van der Waals surface area contributed by atoms with Crippen LogP contribution in [-0.2, 0) is 0 Å². The van der Waals surface area contributed by atoms with Crippen LogP contribution in [0.15, 0.2) is 36.5 Å². The number of nitrogens with one attached hydrogen (secondary N) is 2. The van der Waals surface area contributed by atoms with Gasteiger partial charge in [0.15, 0.2) is 0 Å². The van der Waals surface area contributed by atoms with Gasteiger partial charge in [0.05, 0.1) is 5.69 Å². The average molecular weight is 411 g/mol. The van der Waals surface area contributed by atoms with Crippen molar-refractivity contribution in [2.24, 2.45) is 0 Å². The third-order valence-corrected chi connectivity index (χ3v) is 5.62. The Morgan fingerprint density at radius 2 is 1.86 bits per heavy atom. The SMILES string of the molecule is CC(C)Nc1nccc(-c2c(-c3ccc(Cl)cc3)n[nH]c2C2CCN(C)CC2)n1. The van der Waals surface area contributed by atoms with Crippen LogP contribution in [0.1, 0.15) is 38.3 Å². The molecular formula is C22H27ClN6. The van der Waals surface area contributed by atoms with Crippen molar-refractivity contribution in [3.8, 4) is 22.5 Å². The summed E-state index contributed by atoms with van der Waals surface area (Å²) in [5.41, 5.74) is 5.05. The molecule has 0 saturated carbocycles. The van der Waals surface area contributed by atoms with Gasteiger partial charge in [-0.25, -0.2) is 9.97 Å². The van der Waals surface area contributed by atoms with E-state index in [0.717, 1.165) is 54.1 Å². The molecule has 7 heteroatoms. The number of rotatable bonds is 5. The van der Waals surface area contributed by atoms with Crippen molar-refractivity contribution in [3.05, 3.63) is 47.2 Å². The first kappa shape index (κ1) is 19.9. The Bertz CT molecular complexity index is 958.